The van der Waals surface area contributed by atoms with Crippen molar-refractivity contribution in [1.29, 1.82) is 0 Å². The van der Waals surface area contributed by atoms with Crippen LogP contribution in [0.15, 0.2) is 53.1 Å². The maximum absolute atomic E-state index is 12.9. The van der Waals surface area contributed by atoms with Crippen LogP contribution in [0.5, 0.6) is 17.2 Å². The lowest BCUT2D eigenvalue weighted by Crippen LogP contribution is -2.21. The first-order valence-corrected chi connectivity index (χ1v) is 8.05. The van der Waals surface area contributed by atoms with Crippen LogP contribution in [0.3, 0.4) is 0 Å². The summed E-state index contributed by atoms with van der Waals surface area (Å²) in [5, 5.41) is 5.78. The van der Waals surface area contributed by atoms with E-state index in [0.29, 0.717) is 39.8 Å². The Bertz CT molecular complexity index is 863. The number of rotatable bonds is 5. The van der Waals surface area contributed by atoms with Gasteiger partial charge < -0.3 is 14.2 Å². The van der Waals surface area contributed by atoms with Gasteiger partial charge in [-0.05, 0) is 25.1 Å². The van der Waals surface area contributed by atoms with Crippen molar-refractivity contribution in [2.45, 2.75) is 6.92 Å². The molecule has 1 aliphatic heterocycles. The largest absolute Gasteiger partial charge is 0.496 e. The molecule has 1 heterocycles. The van der Waals surface area contributed by atoms with Gasteiger partial charge in [-0.25, -0.2) is 0 Å². The predicted octanol–water partition coefficient (Wildman–Crippen LogP) is 3.52. The minimum absolute atomic E-state index is 0.200. The number of ether oxygens (including phenoxy) is 3. The quantitative estimate of drug-likeness (QED) is 0.773. The molecule has 0 spiro atoms. The van der Waals surface area contributed by atoms with Crippen LogP contribution >= 0.6 is 0 Å². The summed E-state index contributed by atoms with van der Waals surface area (Å²) in [4.78, 5) is 12.9. The van der Waals surface area contributed by atoms with Crippen molar-refractivity contribution in [3.8, 4) is 17.2 Å². The Morgan fingerprint density at radius 3 is 2.12 bits per heavy atom. The molecule has 0 atom stereocenters. The highest BCUT2D eigenvalue weighted by Crippen LogP contribution is 2.37. The Kier molecular flexibility index (Phi) is 4.93. The lowest BCUT2D eigenvalue weighted by atomic mass is 10.0. The molecule has 134 valence electrons. The van der Waals surface area contributed by atoms with Crippen molar-refractivity contribution in [3.63, 3.8) is 0 Å². The van der Waals surface area contributed by atoms with Gasteiger partial charge in [-0.3, -0.25) is 4.79 Å². The van der Waals surface area contributed by atoms with Gasteiger partial charge in [0.15, 0.2) is 0 Å². The smallest absolute Gasteiger partial charge is 0.280 e. The summed E-state index contributed by atoms with van der Waals surface area (Å²) >= 11 is 0. The molecule has 0 saturated heterocycles. The Balaban J connectivity index is 2.06. The average Bonchev–Trinajstić information content (AvgIpc) is 2.96. The Morgan fingerprint density at radius 1 is 0.962 bits per heavy atom. The van der Waals surface area contributed by atoms with E-state index < -0.39 is 0 Å². The van der Waals surface area contributed by atoms with E-state index in [1.807, 2.05) is 30.3 Å². The normalized spacial score (nSPS) is 15.2. The minimum Gasteiger partial charge on any atom is -0.496 e. The third-order valence-corrected chi connectivity index (χ3v) is 4.11. The van der Waals surface area contributed by atoms with Crippen molar-refractivity contribution >= 4 is 23.4 Å². The van der Waals surface area contributed by atoms with Crippen LogP contribution in [0.4, 0.5) is 5.69 Å². The van der Waals surface area contributed by atoms with E-state index in [1.54, 1.807) is 46.5 Å². The number of nitrogens with zero attached hydrogens (tertiary/aromatic N) is 2. The number of hydrogen-bond donors (Lipinski definition) is 0. The van der Waals surface area contributed by atoms with E-state index >= 15 is 0 Å². The molecular formula is C20H20N2O4. The number of para-hydroxylation sites is 1. The summed E-state index contributed by atoms with van der Waals surface area (Å²) in [6, 6.07) is 12.8. The SMILES string of the molecule is COc1cc(OC)c(/C=C2/C(=O)N(c3ccccc3)N=C2C)c(OC)c1. The zero-order valence-electron chi connectivity index (χ0n) is 15.1. The molecule has 0 saturated carbocycles. The van der Waals surface area contributed by atoms with Gasteiger partial charge in [-0.1, -0.05) is 18.2 Å². The second-order valence-electron chi connectivity index (χ2n) is 5.64. The van der Waals surface area contributed by atoms with Crippen molar-refractivity contribution in [3.05, 3.63) is 53.6 Å². The average molecular weight is 352 g/mol. The van der Waals surface area contributed by atoms with Gasteiger partial charge in [0.2, 0.25) is 0 Å². The zero-order valence-corrected chi connectivity index (χ0v) is 15.1. The van der Waals surface area contributed by atoms with Crippen LogP contribution in [-0.4, -0.2) is 32.9 Å². The van der Waals surface area contributed by atoms with Gasteiger partial charge in [-0.2, -0.15) is 10.1 Å². The standard InChI is InChI=1S/C20H20N2O4/c1-13-16(20(23)22(21-13)14-8-6-5-7-9-14)12-17-18(25-3)10-15(24-2)11-19(17)26-4/h5-12H,1-4H3/b16-12+. The molecule has 1 amide bonds. The highest BCUT2D eigenvalue weighted by molar-refractivity contribution is 6.32. The number of carbonyl (C=O) groups is 1. The fourth-order valence-corrected chi connectivity index (χ4v) is 2.75. The van der Waals surface area contributed by atoms with E-state index in [1.165, 1.54) is 5.01 Å². The molecule has 6 heteroatoms. The maximum atomic E-state index is 12.9. The second-order valence-corrected chi connectivity index (χ2v) is 5.64. The molecule has 3 rings (SSSR count). The van der Waals surface area contributed by atoms with Gasteiger partial charge in [0.05, 0.1) is 43.9 Å². The van der Waals surface area contributed by atoms with Gasteiger partial charge in [0.1, 0.15) is 17.2 Å². The molecule has 0 unspecified atom stereocenters. The molecule has 6 nitrogen and oxygen atoms in total. The zero-order chi connectivity index (χ0) is 18.7. The number of anilines is 1. The van der Waals surface area contributed by atoms with E-state index in [9.17, 15) is 4.79 Å². The van der Waals surface area contributed by atoms with E-state index in [4.69, 9.17) is 14.2 Å². The first kappa shape index (κ1) is 17.5. The van der Waals surface area contributed by atoms with Crippen LogP contribution in [0.2, 0.25) is 0 Å². The molecule has 0 bridgehead atoms. The minimum atomic E-state index is -0.200. The molecule has 0 N–H and O–H groups in total. The lowest BCUT2D eigenvalue weighted by molar-refractivity contribution is -0.114. The molecule has 0 fully saturated rings. The van der Waals surface area contributed by atoms with E-state index in [2.05, 4.69) is 5.10 Å². The summed E-state index contributed by atoms with van der Waals surface area (Å²) in [5.41, 5.74) is 2.48. The molecule has 2 aromatic carbocycles. The summed E-state index contributed by atoms with van der Waals surface area (Å²) in [6.07, 6.45) is 1.74. The third-order valence-electron chi connectivity index (χ3n) is 4.11. The van der Waals surface area contributed by atoms with Crippen LogP contribution in [0.25, 0.3) is 6.08 Å². The van der Waals surface area contributed by atoms with Gasteiger partial charge in [-0.15, -0.1) is 0 Å². The first-order valence-electron chi connectivity index (χ1n) is 8.05. The molecule has 0 aromatic heterocycles. The molecule has 2 aromatic rings. The number of amides is 1. The monoisotopic (exact) mass is 352 g/mol. The lowest BCUT2D eigenvalue weighted by Gasteiger charge is -2.14. The summed E-state index contributed by atoms with van der Waals surface area (Å²) in [5.74, 6) is 1.50. The van der Waals surface area contributed by atoms with Crippen LogP contribution < -0.4 is 19.2 Å². The number of carbonyl (C=O) groups excluding carboxylic acids is 1. The number of hydrazone groups is 1. The first-order chi connectivity index (χ1) is 12.6. The van der Waals surface area contributed by atoms with E-state index in [-0.39, 0.29) is 5.91 Å². The van der Waals surface area contributed by atoms with Gasteiger partial charge in [0, 0.05) is 12.1 Å². The van der Waals surface area contributed by atoms with Gasteiger partial charge >= 0.3 is 0 Å². The number of methoxy groups -OCH3 is 3. The van der Waals surface area contributed by atoms with Crippen LogP contribution in [0, 0.1) is 0 Å². The van der Waals surface area contributed by atoms with Gasteiger partial charge in [0.25, 0.3) is 5.91 Å². The van der Waals surface area contributed by atoms with Crippen molar-refractivity contribution < 1.29 is 19.0 Å². The maximum Gasteiger partial charge on any atom is 0.280 e. The number of hydrogen-bond acceptors (Lipinski definition) is 5. The molecular weight excluding hydrogens is 332 g/mol. The molecule has 0 aliphatic carbocycles. The predicted molar refractivity (Wildman–Crippen MR) is 101 cm³/mol. The molecule has 26 heavy (non-hydrogen) atoms. The molecule has 0 radical (unpaired) electrons. The fraction of sp³-hybridized carbons (Fsp3) is 0.200. The van der Waals surface area contributed by atoms with E-state index in [0.717, 1.165) is 0 Å². The summed E-state index contributed by atoms with van der Waals surface area (Å²) in [7, 11) is 4.69. The third kappa shape index (κ3) is 3.13. The topological polar surface area (TPSA) is 60.4 Å². The summed E-state index contributed by atoms with van der Waals surface area (Å²) < 4.78 is 16.2. The summed E-state index contributed by atoms with van der Waals surface area (Å²) in [6.45, 7) is 1.80. The van der Waals surface area contributed by atoms with Crippen LogP contribution in [0.1, 0.15) is 12.5 Å². The fourth-order valence-electron chi connectivity index (χ4n) is 2.75. The Hall–Kier alpha value is -3.28. The number of benzene rings is 2. The second kappa shape index (κ2) is 7.31. The Labute approximate surface area is 152 Å². The highest BCUT2D eigenvalue weighted by atomic mass is 16.5. The van der Waals surface area contributed by atoms with Crippen molar-refractivity contribution in [2.75, 3.05) is 26.3 Å². The molecule has 1 aliphatic rings. The Morgan fingerprint density at radius 2 is 1.58 bits per heavy atom. The van der Waals surface area contributed by atoms with Crippen LogP contribution in [-0.2, 0) is 4.79 Å². The van der Waals surface area contributed by atoms with Crippen molar-refractivity contribution in [2.24, 2.45) is 5.10 Å². The van der Waals surface area contributed by atoms with Crippen molar-refractivity contribution in [1.82, 2.24) is 0 Å². The highest BCUT2D eigenvalue weighted by Gasteiger charge is 2.29.